The number of hydrogen-bond acceptors (Lipinski definition) is 2. The van der Waals surface area contributed by atoms with Gasteiger partial charge in [-0.2, -0.15) is 0 Å². The molecule has 0 aromatic heterocycles. The van der Waals surface area contributed by atoms with Crippen molar-refractivity contribution in [2.24, 2.45) is 0 Å². The van der Waals surface area contributed by atoms with Gasteiger partial charge in [-0.15, -0.1) is 0 Å². The maximum atomic E-state index is 12.2. The van der Waals surface area contributed by atoms with Gasteiger partial charge in [0.05, 0.1) is 6.04 Å². The van der Waals surface area contributed by atoms with Crippen LogP contribution in [-0.2, 0) is 5.41 Å². The zero-order valence-corrected chi connectivity index (χ0v) is 11.7. The number of hydrogen-bond donors (Lipinski definition) is 1. The summed E-state index contributed by atoms with van der Waals surface area (Å²) in [5, 5.41) is 3.18. The highest BCUT2D eigenvalue weighted by Gasteiger charge is 2.26. The first-order valence-corrected chi connectivity index (χ1v) is 6.48. The van der Waals surface area contributed by atoms with Crippen LogP contribution in [0.15, 0.2) is 24.3 Å². The molecule has 0 saturated carbocycles. The first kappa shape index (κ1) is 13.1. The molecule has 1 aromatic carbocycles. The van der Waals surface area contributed by atoms with Gasteiger partial charge in [0.25, 0.3) is 5.91 Å². The summed E-state index contributed by atoms with van der Waals surface area (Å²) in [6.07, 6.45) is 0. The Kier molecular flexibility index (Phi) is 3.44. The zero-order chi connectivity index (χ0) is 13.3. The first-order valence-electron chi connectivity index (χ1n) is 6.48. The number of rotatable bonds is 2. The van der Waals surface area contributed by atoms with Gasteiger partial charge in [-0.1, -0.05) is 32.9 Å². The summed E-state index contributed by atoms with van der Waals surface area (Å²) in [7, 11) is 1.88. The zero-order valence-electron chi connectivity index (χ0n) is 11.7. The summed E-state index contributed by atoms with van der Waals surface area (Å²) in [5.41, 5.74) is 2.16. The van der Waals surface area contributed by atoms with E-state index >= 15 is 0 Å². The van der Waals surface area contributed by atoms with Gasteiger partial charge in [-0.3, -0.25) is 4.79 Å². The predicted octanol–water partition coefficient (Wildman–Crippen LogP) is 2.03. The SMILES string of the molecule is CN(C(=O)c1ccc(C(C)(C)C)cc1)C1CNC1. The first-order chi connectivity index (χ1) is 8.39. The summed E-state index contributed by atoms with van der Waals surface area (Å²) in [6.45, 7) is 8.34. The third-order valence-electron chi connectivity index (χ3n) is 3.63. The molecule has 0 spiro atoms. The number of carbonyl (C=O) groups excluding carboxylic acids is 1. The molecule has 0 atom stereocenters. The van der Waals surface area contributed by atoms with Crippen LogP contribution in [0.5, 0.6) is 0 Å². The highest BCUT2D eigenvalue weighted by molar-refractivity contribution is 5.94. The molecular formula is C15H22N2O. The van der Waals surface area contributed by atoms with Gasteiger partial charge >= 0.3 is 0 Å². The summed E-state index contributed by atoms with van der Waals surface area (Å²) >= 11 is 0. The monoisotopic (exact) mass is 246 g/mol. The van der Waals surface area contributed by atoms with E-state index < -0.39 is 0 Å². The molecule has 1 heterocycles. The van der Waals surface area contributed by atoms with Gasteiger partial charge in [-0.05, 0) is 23.1 Å². The lowest BCUT2D eigenvalue weighted by atomic mass is 9.86. The lowest BCUT2D eigenvalue weighted by molar-refractivity contribution is 0.0681. The van der Waals surface area contributed by atoms with Crippen LogP contribution >= 0.6 is 0 Å². The van der Waals surface area contributed by atoms with Crippen molar-refractivity contribution in [3.05, 3.63) is 35.4 Å². The smallest absolute Gasteiger partial charge is 0.253 e. The van der Waals surface area contributed by atoms with E-state index in [2.05, 4.69) is 38.2 Å². The van der Waals surface area contributed by atoms with Crippen molar-refractivity contribution in [3.8, 4) is 0 Å². The van der Waals surface area contributed by atoms with Crippen molar-refractivity contribution in [1.82, 2.24) is 10.2 Å². The van der Waals surface area contributed by atoms with Crippen molar-refractivity contribution in [2.75, 3.05) is 20.1 Å². The lowest BCUT2D eigenvalue weighted by Crippen LogP contribution is -2.57. The molecule has 3 heteroatoms. The Morgan fingerprint density at radius 1 is 1.22 bits per heavy atom. The highest BCUT2D eigenvalue weighted by Crippen LogP contribution is 2.22. The molecule has 0 aliphatic carbocycles. The van der Waals surface area contributed by atoms with Gasteiger partial charge < -0.3 is 10.2 Å². The van der Waals surface area contributed by atoms with Crippen LogP contribution in [0.1, 0.15) is 36.7 Å². The third kappa shape index (κ3) is 2.56. The Morgan fingerprint density at radius 2 is 1.78 bits per heavy atom. The number of benzene rings is 1. The molecule has 18 heavy (non-hydrogen) atoms. The number of carbonyl (C=O) groups is 1. The quantitative estimate of drug-likeness (QED) is 0.866. The molecule has 0 bridgehead atoms. The Labute approximate surface area is 109 Å². The average Bonchev–Trinajstić information content (AvgIpc) is 2.24. The molecule has 0 radical (unpaired) electrons. The molecule has 1 aromatic rings. The van der Waals surface area contributed by atoms with E-state index in [0.29, 0.717) is 6.04 Å². The van der Waals surface area contributed by atoms with Crippen molar-refractivity contribution in [1.29, 1.82) is 0 Å². The summed E-state index contributed by atoms with van der Waals surface area (Å²) in [6, 6.07) is 8.33. The molecule has 98 valence electrons. The van der Waals surface area contributed by atoms with E-state index in [1.54, 1.807) is 0 Å². The van der Waals surface area contributed by atoms with Crippen molar-refractivity contribution >= 4 is 5.91 Å². The maximum Gasteiger partial charge on any atom is 0.253 e. The van der Waals surface area contributed by atoms with Crippen molar-refractivity contribution in [3.63, 3.8) is 0 Å². The molecule has 1 aliphatic heterocycles. The molecule has 1 fully saturated rings. The fourth-order valence-electron chi connectivity index (χ4n) is 2.03. The highest BCUT2D eigenvalue weighted by atomic mass is 16.2. The number of nitrogens with zero attached hydrogens (tertiary/aromatic N) is 1. The predicted molar refractivity (Wildman–Crippen MR) is 73.9 cm³/mol. The molecule has 1 amide bonds. The van der Waals surface area contributed by atoms with E-state index in [-0.39, 0.29) is 11.3 Å². The molecule has 2 rings (SSSR count). The topological polar surface area (TPSA) is 32.3 Å². The third-order valence-corrected chi connectivity index (χ3v) is 3.63. The van der Waals surface area contributed by atoms with Crippen LogP contribution in [0.25, 0.3) is 0 Å². The van der Waals surface area contributed by atoms with E-state index in [1.807, 2.05) is 24.1 Å². The van der Waals surface area contributed by atoms with E-state index in [0.717, 1.165) is 18.7 Å². The molecule has 1 N–H and O–H groups in total. The van der Waals surface area contributed by atoms with Crippen LogP contribution < -0.4 is 5.32 Å². The minimum absolute atomic E-state index is 0.113. The van der Waals surface area contributed by atoms with Gasteiger partial charge in [0.1, 0.15) is 0 Å². The van der Waals surface area contributed by atoms with Crippen LogP contribution in [0, 0.1) is 0 Å². The Bertz CT molecular complexity index is 427. The fraction of sp³-hybridized carbons (Fsp3) is 0.533. The average molecular weight is 246 g/mol. The molecule has 0 unspecified atom stereocenters. The summed E-state index contributed by atoms with van der Waals surface area (Å²) in [5.74, 6) is 0.113. The summed E-state index contributed by atoms with van der Waals surface area (Å²) in [4.78, 5) is 14.1. The molecular weight excluding hydrogens is 224 g/mol. The second-order valence-electron chi connectivity index (χ2n) is 6.06. The standard InChI is InChI=1S/C15H22N2O/c1-15(2,3)12-7-5-11(6-8-12)14(18)17(4)13-9-16-10-13/h5-8,13,16H,9-10H2,1-4H3. The fourth-order valence-corrected chi connectivity index (χ4v) is 2.03. The lowest BCUT2D eigenvalue weighted by Gasteiger charge is -2.35. The van der Waals surface area contributed by atoms with Gasteiger partial charge in [-0.25, -0.2) is 0 Å². The number of nitrogens with one attached hydrogen (secondary N) is 1. The van der Waals surface area contributed by atoms with Crippen LogP contribution in [-0.4, -0.2) is 37.0 Å². The van der Waals surface area contributed by atoms with Gasteiger partial charge in [0.15, 0.2) is 0 Å². The normalized spacial score (nSPS) is 16.2. The van der Waals surface area contributed by atoms with E-state index in [9.17, 15) is 4.79 Å². The Hall–Kier alpha value is -1.35. The van der Waals surface area contributed by atoms with Gasteiger partial charge in [0, 0.05) is 25.7 Å². The van der Waals surface area contributed by atoms with Crippen LogP contribution in [0.2, 0.25) is 0 Å². The minimum atomic E-state index is 0.113. The Balaban J connectivity index is 2.11. The minimum Gasteiger partial charge on any atom is -0.336 e. The van der Waals surface area contributed by atoms with Crippen molar-refractivity contribution in [2.45, 2.75) is 32.2 Å². The molecule has 3 nitrogen and oxygen atoms in total. The molecule has 1 aliphatic rings. The van der Waals surface area contributed by atoms with E-state index in [4.69, 9.17) is 0 Å². The van der Waals surface area contributed by atoms with Crippen molar-refractivity contribution < 1.29 is 4.79 Å². The van der Waals surface area contributed by atoms with Crippen LogP contribution in [0.4, 0.5) is 0 Å². The summed E-state index contributed by atoms with van der Waals surface area (Å²) < 4.78 is 0. The largest absolute Gasteiger partial charge is 0.336 e. The molecule has 1 saturated heterocycles. The van der Waals surface area contributed by atoms with Gasteiger partial charge in [0.2, 0.25) is 0 Å². The second kappa shape index (κ2) is 4.73. The number of likely N-dealkylation sites (N-methyl/N-ethyl adjacent to an activating group) is 1. The van der Waals surface area contributed by atoms with E-state index in [1.165, 1.54) is 5.56 Å². The maximum absolute atomic E-state index is 12.2. The second-order valence-corrected chi connectivity index (χ2v) is 6.06. The number of amides is 1. The van der Waals surface area contributed by atoms with Crippen LogP contribution in [0.3, 0.4) is 0 Å². The Morgan fingerprint density at radius 3 is 2.17 bits per heavy atom.